The molecule has 1 aromatic rings. The average molecular weight is 391 g/mol. The average Bonchev–Trinajstić information content (AvgIpc) is 2.52. The molecule has 2 rings (SSSR count). The molecular formula is C16H21ClF6N2. The van der Waals surface area contributed by atoms with E-state index in [0.29, 0.717) is 19.6 Å². The molecule has 1 fully saturated rings. The smallest absolute Gasteiger partial charge is 0.330 e. The normalized spacial score (nSPS) is 20.9. The summed E-state index contributed by atoms with van der Waals surface area (Å²) in [6.07, 6.45) is -7.89. The van der Waals surface area contributed by atoms with E-state index >= 15 is 0 Å². The molecule has 2 unspecified atom stereocenters. The molecule has 0 radical (unpaired) electrons. The highest BCUT2D eigenvalue weighted by molar-refractivity contribution is 5.85. The van der Waals surface area contributed by atoms with Gasteiger partial charge in [-0.15, -0.1) is 12.4 Å². The Morgan fingerprint density at radius 3 is 2.04 bits per heavy atom. The number of alkyl halides is 6. The lowest BCUT2D eigenvalue weighted by molar-refractivity contribution is -0.143. The minimum Gasteiger partial charge on any atom is -0.330 e. The van der Waals surface area contributed by atoms with E-state index in [1.807, 2.05) is 4.90 Å². The van der Waals surface area contributed by atoms with Crippen LogP contribution in [0.5, 0.6) is 0 Å². The molecule has 2 atom stereocenters. The Morgan fingerprint density at radius 1 is 1.08 bits per heavy atom. The zero-order valence-corrected chi connectivity index (χ0v) is 14.4. The third kappa shape index (κ3) is 5.49. The second-order valence-corrected chi connectivity index (χ2v) is 6.25. The highest BCUT2D eigenvalue weighted by atomic mass is 35.5. The standard InChI is InChI=1S/C16H20F6N2.ClH/c1-10(24-4-2-3-11(8-23)9-24)12-5-13(15(17,18)19)7-14(6-12)16(20,21)22;/h5-7,10-11H,2-4,8-9,23H2,1H3;1H. The molecule has 0 aromatic heterocycles. The van der Waals surface area contributed by atoms with E-state index in [0.717, 1.165) is 25.0 Å². The summed E-state index contributed by atoms with van der Waals surface area (Å²) in [5, 5.41) is 0. The summed E-state index contributed by atoms with van der Waals surface area (Å²) in [6.45, 7) is 3.30. The predicted molar refractivity (Wildman–Crippen MR) is 85.5 cm³/mol. The summed E-state index contributed by atoms with van der Waals surface area (Å²) in [5.41, 5.74) is 3.12. The van der Waals surface area contributed by atoms with Gasteiger partial charge in [-0.05, 0) is 62.5 Å². The van der Waals surface area contributed by atoms with Crippen molar-refractivity contribution in [1.29, 1.82) is 0 Å². The van der Waals surface area contributed by atoms with Crippen LogP contribution in [0.25, 0.3) is 0 Å². The summed E-state index contributed by atoms with van der Waals surface area (Å²) in [7, 11) is 0. The second-order valence-electron chi connectivity index (χ2n) is 6.25. The Hall–Kier alpha value is -0.990. The van der Waals surface area contributed by atoms with E-state index in [1.54, 1.807) is 6.92 Å². The maximum Gasteiger partial charge on any atom is 0.416 e. The zero-order valence-electron chi connectivity index (χ0n) is 13.6. The minimum atomic E-state index is -4.82. The Kier molecular flexibility index (Phi) is 7.18. The number of hydrogen-bond donors (Lipinski definition) is 1. The number of piperidine rings is 1. The number of hydrogen-bond acceptors (Lipinski definition) is 2. The fourth-order valence-corrected chi connectivity index (χ4v) is 3.07. The van der Waals surface area contributed by atoms with Gasteiger partial charge < -0.3 is 5.73 Å². The van der Waals surface area contributed by atoms with Crippen molar-refractivity contribution in [2.24, 2.45) is 11.7 Å². The molecule has 1 aromatic carbocycles. The van der Waals surface area contributed by atoms with Gasteiger partial charge in [0.05, 0.1) is 11.1 Å². The molecule has 2 N–H and O–H groups in total. The van der Waals surface area contributed by atoms with E-state index < -0.39 is 29.5 Å². The molecule has 0 saturated carbocycles. The topological polar surface area (TPSA) is 29.3 Å². The van der Waals surface area contributed by atoms with E-state index in [4.69, 9.17) is 5.73 Å². The number of rotatable bonds is 3. The van der Waals surface area contributed by atoms with Gasteiger partial charge in [-0.1, -0.05) is 0 Å². The maximum absolute atomic E-state index is 13.0. The van der Waals surface area contributed by atoms with Gasteiger partial charge in [0.25, 0.3) is 0 Å². The van der Waals surface area contributed by atoms with Crippen LogP contribution in [0.4, 0.5) is 26.3 Å². The maximum atomic E-state index is 13.0. The van der Waals surface area contributed by atoms with E-state index in [-0.39, 0.29) is 30.0 Å². The van der Waals surface area contributed by atoms with Crippen LogP contribution >= 0.6 is 12.4 Å². The lowest BCUT2D eigenvalue weighted by atomic mass is 9.94. The van der Waals surface area contributed by atoms with Gasteiger partial charge in [-0.25, -0.2) is 0 Å². The van der Waals surface area contributed by atoms with E-state index in [2.05, 4.69) is 0 Å². The molecule has 0 amide bonds. The van der Waals surface area contributed by atoms with Crippen molar-refractivity contribution < 1.29 is 26.3 Å². The van der Waals surface area contributed by atoms with Crippen LogP contribution < -0.4 is 5.73 Å². The van der Waals surface area contributed by atoms with Gasteiger partial charge in [0.1, 0.15) is 0 Å². The third-order valence-electron chi connectivity index (χ3n) is 4.52. The summed E-state index contributed by atoms with van der Waals surface area (Å²) in [5.74, 6) is 0.217. The van der Waals surface area contributed by atoms with Crippen LogP contribution in [0.3, 0.4) is 0 Å². The summed E-state index contributed by atoms with van der Waals surface area (Å²) < 4.78 is 77.8. The lowest BCUT2D eigenvalue weighted by Gasteiger charge is -2.37. The highest BCUT2D eigenvalue weighted by Gasteiger charge is 2.37. The highest BCUT2D eigenvalue weighted by Crippen LogP contribution is 2.38. The van der Waals surface area contributed by atoms with Crippen molar-refractivity contribution in [3.05, 3.63) is 34.9 Å². The van der Waals surface area contributed by atoms with Crippen LogP contribution in [-0.4, -0.2) is 24.5 Å². The fraction of sp³-hybridized carbons (Fsp3) is 0.625. The fourth-order valence-electron chi connectivity index (χ4n) is 3.07. The quantitative estimate of drug-likeness (QED) is 0.745. The molecule has 25 heavy (non-hydrogen) atoms. The van der Waals surface area contributed by atoms with Crippen molar-refractivity contribution in [2.75, 3.05) is 19.6 Å². The van der Waals surface area contributed by atoms with Gasteiger partial charge in [-0.2, -0.15) is 26.3 Å². The van der Waals surface area contributed by atoms with Crippen LogP contribution in [0.2, 0.25) is 0 Å². The van der Waals surface area contributed by atoms with Gasteiger partial charge in [0, 0.05) is 12.6 Å². The Labute approximate surface area is 148 Å². The van der Waals surface area contributed by atoms with Crippen molar-refractivity contribution in [1.82, 2.24) is 4.90 Å². The number of benzene rings is 1. The molecule has 1 aliphatic rings. The molecule has 0 aliphatic carbocycles. The Balaban J connectivity index is 0.00000312. The van der Waals surface area contributed by atoms with Crippen molar-refractivity contribution >= 4 is 12.4 Å². The molecule has 2 nitrogen and oxygen atoms in total. The van der Waals surface area contributed by atoms with E-state index in [9.17, 15) is 26.3 Å². The van der Waals surface area contributed by atoms with Crippen LogP contribution in [0.1, 0.15) is 42.5 Å². The van der Waals surface area contributed by atoms with Gasteiger partial charge in [0.15, 0.2) is 0 Å². The van der Waals surface area contributed by atoms with Gasteiger partial charge in [-0.3, -0.25) is 4.90 Å². The first kappa shape index (κ1) is 22.1. The number of likely N-dealkylation sites (tertiary alicyclic amines) is 1. The second kappa shape index (κ2) is 8.14. The first-order chi connectivity index (χ1) is 11.0. The summed E-state index contributed by atoms with van der Waals surface area (Å²) in [4.78, 5) is 1.90. The number of nitrogens with zero attached hydrogens (tertiary/aromatic N) is 1. The Morgan fingerprint density at radius 2 is 1.60 bits per heavy atom. The molecule has 0 spiro atoms. The minimum absolute atomic E-state index is 0. The zero-order chi connectivity index (χ0) is 18.1. The van der Waals surface area contributed by atoms with Crippen LogP contribution in [-0.2, 0) is 12.4 Å². The summed E-state index contributed by atoms with van der Waals surface area (Å²) >= 11 is 0. The van der Waals surface area contributed by atoms with Crippen LogP contribution in [0.15, 0.2) is 18.2 Å². The first-order valence-electron chi connectivity index (χ1n) is 7.76. The third-order valence-corrected chi connectivity index (χ3v) is 4.52. The monoisotopic (exact) mass is 390 g/mol. The largest absolute Gasteiger partial charge is 0.416 e. The predicted octanol–water partition coefficient (Wildman–Crippen LogP) is 4.88. The van der Waals surface area contributed by atoms with Gasteiger partial charge in [0.2, 0.25) is 0 Å². The van der Waals surface area contributed by atoms with Crippen molar-refractivity contribution in [2.45, 2.75) is 38.2 Å². The lowest BCUT2D eigenvalue weighted by Crippen LogP contribution is -2.39. The number of halogens is 7. The molecule has 144 valence electrons. The Bertz CT molecular complexity index is 540. The van der Waals surface area contributed by atoms with E-state index in [1.165, 1.54) is 0 Å². The van der Waals surface area contributed by atoms with Gasteiger partial charge >= 0.3 is 12.4 Å². The van der Waals surface area contributed by atoms with Crippen molar-refractivity contribution in [3.63, 3.8) is 0 Å². The molecule has 9 heteroatoms. The molecule has 1 saturated heterocycles. The molecular weight excluding hydrogens is 370 g/mol. The summed E-state index contributed by atoms with van der Waals surface area (Å²) in [6, 6.07) is 1.25. The van der Waals surface area contributed by atoms with Crippen LogP contribution in [0, 0.1) is 5.92 Å². The molecule has 0 bridgehead atoms. The van der Waals surface area contributed by atoms with Crippen molar-refractivity contribution in [3.8, 4) is 0 Å². The SMILES string of the molecule is CC(c1cc(C(F)(F)F)cc(C(F)(F)F)c1)N1CCCC(CN)C1.Cl. The molecule has 1 aliphatic heterocycles. The number of nitrogens with two attached hydrogens (primary N) is 1. The first-order valence-corrected chi connectivity index (χ1v) is 7.76. The molecule has 1 heterocycles.